The number of benzene rings is 1. The van der Waals surface area contributed by atoms with Gasteiger partial charge in [0.05, 0.1) is 12.8 Å². The summed E-state index contributed by atoms with van der Waals surface area (Å²) in [6, 6.07) is 10.2. The normalized spacial score (nSPS) is 16.2. The molecule has 0 spiro atoms. The van der Waals surface area contributed by atoms with Crippen LogP contribution in [0.2, 0.25) is 0 Å². The molecule has 1 aromatic carbocycles. The van der Waals surface area contributed by atoms with Crippen molar-refractivity contribution in [2.24, 2.45) is 0 Å². The van der Waals surface area contributed by atoms with Crippen molar-refractivity contribution >= 4 is 15.9 Å². The Morgan fingerprint density at radius 3 is 2.40 bits per heavy atom. The van der Waals surface area contributed by atoms with Gasteiger partial charge in [0.25, 0.3) is 0 Å². The third kappa shape index (κ3) is 6.26. The Morgan fingerprint density at radius 1 is 1.20 bits per heavy atom. The van der Waals surface area contributed by atoms with Crippen LogP contribution in [-0.2, 0) is 21.2 Å². The zero-order chi connectivity index (χ0) is 18.3. The largest absolute Gasteiger partial charge is 0.339 e. The molecule has 7 heteroatoms. The molecule has 0 atom stereocenters. The molecule has 1 saturated heterocycles. The molecular weight excluding hydrogens is 338 g/mol. The molecule has 1 aliphatic heterocycles. The van der Waals surface area contributed by atoms with Crippen LogP contribution >= 0.6 is 0 Å². The lowest BCUT2D eigenvalue weighted by atomic mass is 10.1. The van der Waals surface area contributed by atoms with Gasteiger partial charge in [-0.3, -0.25) is 9.69 Å². The van der Waals surface area contributed by atoms with Crippen LogP contribution in [0.25, 0.3) is 0 Å². The van der Waals surface area contributed by atoms with E-state index in [0.29, 0.717) is 39.3 Å². The monoisotopic (exact) mass is 365 g/mol. The fourth-order valence-electron chi connectivity index (χ4n) is 2.91. The first-order valence-electron chi connectivity index (χ1n) is 8.50. The highest BCUT2D eigenvalue weighted by Crippen LogP contribution is 2.08. The van der Waals surface area contributed by atoms with Crippen LogP contribution in [0.3, 0.4) is 0 Å². The second-order valence-corrected chi connectivity index (χ2v) is 8.28. The second kappa shape index (κ2) is 9.12. The fourth-order valence-corrected chi connectivity index (χ4v) is 3.74. The van der Waals surface area contributed by atoms with Crippen LogP contribution in [0.5, 0.6) is 0 Å². The summed E-state index contributed by atoms with van der Waals surface area (Å²) in [4.78, 5) is 16.4. The van der Waals surface area contributed by atoms with E-state index in [9.17, 15) is 13.2 Å². The lowest BCUT2D eigenvalue weighted by Crippen LogP contribution is -2.52. The molecule has 1 aromatic rings. The molecule has 0 radical (unpaired) electrons. The van der Waals surface area contributed by atoms with E-state index in [-0.39, 0.29) is 5.91 Å². The van der Waals surface area contributed by atoms with Crippen molar-refractivity contribution in [1.29, 1.82) is 0 Å². The number of carbonyl (C=O) groups excluding carboxylic acids is 1. The zero-order valence-corrected chi connectivity index (χ0v) is 15.6. The molecule has 6 nitrogen and oxygen atoms in total. The van der Waals surface area contributed by atoms with E-state index in [4.69, 9.17) is 0 Å². The average Bonchev–Trinajstić information content (AvgIpc) is 2.60. The SMILES string of the molecule is C=CCN(CCc1ccccc1)CC(=O)N1CCN(S(C)(=O)=O)CC1. The smallest absolute Gasteiger partial charge is 0.236 e. The fraction of sp³-hybridized carbons (Fsp3) is 0.500. The Morgan fingerprint density at radius 2 is 1.84 bits per heavy atom. The highest BCUT2D eigenvalue weighted by Gasteiger charge is 2.26. The van der Waals surface area contributed by atoms with E-state index in [2.05, 4.69) is 23.6 Å². The molecule has 0 aliphatic carbocycles. The maximum absolute atomic E-state index is 12.5. The second-order valence-electron chi connectivity index (χ2n) is 6.30. The molecule has 1 amide bonds. The zero-order valence-electron chi connectivity index (χ0n) is 14.8. The van der Waals surface area contributed by atoms with Crippen molar-refractivity contribution in [1.82, 2.24) is 14.1 Å². The number of hydrogen-bond acceptors (Lipinski definition) is 4. The molecule has 25 heavy (non-hydrogen) atoms. The van der Waals surface area contributed by atoms with Gasteiger partial charge in [-0.1, -0.05) is 36.4 Å². The molecule has 1 heterocycles. The first-order chi connectivity index (χ1) is 11.9. The van der Waals surface area contributed by atoms with E-state index in [1.165, 1.54) is 16.1 Å². The number of sulfonamides is 1. The number of hydrogen-bond donors (Lipinski definition) is 0. The Bertz CT molecular complexity index is 668. The molecular formula is C18H27N3O3S. The average molecular weight is 365 g/mol. The maximum Gasteiger partial charge on any atom is 0.236 e. The van der Waals surface area contributed by atoms with E-state index in [1.807, 2.05) is 18.2 Å². The summed E-state index contributed by atoms with van der Waals surface area (Å²) in [7, 11) is -3.17. The highest BCUT2D eigenvalue weighted by molar-refractivity contribution is 7.88. The minimum Gasteiger partial charge on any atom is -0.339 e. The number of piperazine rings is 1. The Balaban J connectivity index is 1.84. The van der Waals surface area contributed by atoms with Crippen molar-refractivity contribution in [3.8, 4) is 0 Å². The summed E-state index contributed by atoms with van der Waals surface area (Å²) in [5.74, 6) is 0.0445. The molecule has 0 bridgehead atoms. The molecule has 1 aliphatic rings. The van der Waals surface area contributed by atoms with Crippen molar-refractivity contribution in [2.45, 2.75) is 6.42 Å². The first-order valence-corrected chi connectivity index (χ1v) is 10.3. The summed E-state index contributed by atoms with van der Waals surface area (Å²) >= 11 is 0. The number of amides is 1. The highest BCUT2D eigenvalue weighted by atomic mass is 32.2. The predicted molar refractivity (Wildman–Crippen MR) is 99.8 cm³/mol. The van der Waals surface area contributed by atoms with Crippen LogP contribution in [0.15, 0.2) is 43.0 Å². The van der Waals surface area contributed by atoms with Crippen molar-refractivity contribution < 1.29 is 13.2 Å². The van der Waals surface area contributed by atoms with E-state index < -0.39 is 10.0 Å². The van der Waals surface area contributed by atoms with Gasteiger partial charge in [-0.05, 0) is 12.0 Å². The van der Waals surface area contributed by atoms with E-state index in [1.54, 1.807) is 11.0 Å². The summed E-state index contributed by atoms with van der Waals surface area (Å²) < 4.78 is 24.5. The minimum atomic E-state index is -3.17. The van der Waals surface area contributed by atoms with Crippen LogP contribution in [0.1, 0.15) is 5.56 Å². The first kappa shape index (κ1) is 19.6. The van der Waals surface area contributed by atoms with Gasteiger partial charge in [0.1, 0.15) is 0 Å². The van der Waals surface area contributed by atoms with Gasteiger partial charge in [-0.25, -0.2) is 8.42 Å². The standard InChI is InChI=1S/C18H27N3O3S/c1-3-10-19(11-9-17-7-5-4-6-8-17)16-18(22)20-12-14-21(15-13-20)25(2,23)24/h3-8H,1,9-16H2,2H3. The molecule has 0 saturated carbocycles. The molecule has 1 fully saturated rings. The number of carbonyl (C=O) groups is 1. The molecule has 0 N–H and O–H groups in total. The van der Waals surface area contributed by atoms with E-state index in [0.717, 1.165) is 13.0 Å². The van der Waals surface area contributed by atoms with Gasteiger partial charge in [-0.15, -0.1) is 6.58 Å². The Kier molecular flexibility index (Phi) is 7.16. The molecule has 2 rings (SSSR count). The van der Waals surface area contributed by atoms with Crippen LogP contribution < -0.4 is 0 Å². The topological polar surface area (TPSA) is 60.9 Å². The lowest BCUT2D eigenvalue weighted by molar-refractivity contribution is -0.133. The van der Waals surface area contributed by atoms with Gasteiger partial charge in [0.15, 0.2) is 0 Å². The number of nitrogens with zero attached hydrogens (tertiary/aromatic N) is 3. The third-order valence-electron chi connectivity index (χ3n) is 4.37. The van der Waals surface area contributed by atoms with Gasteiger partial charge in [0.2, 0.25) is 15.9 Å². The molecule has 138 valence electrons. The summed E-state index contributed by atoms with van der Waals surface area (Å²) in [5.41, 5.74) is 1.24. The Hall–Kier alpha value is -1.70. The summed E-state index contributed by atoms with van der Waals surface area (Å²) in [6.45, 7) is 7.18. The van der Waals surface area contributed by atoms with Gasteiger partial charge >= 0.3 is 0 Å². The lowest BCUT2D eigenvalue weighted by Gasteiger charge is -2.34. The summed E-state index contributed by atoms with van der Waals surface area (Å²) in [5, 5.41) is 0. The van der Waals surface area contributed by atoms with Crippen molar-refractivity contribution in [2.75, 3.05) is 52.1 Å². The molecule has 0 unspecified atom stereocenters. The van der Waals surface area contributed by atoms with Crippen molar-refractivity contribution in [3.63, 3.8) is 0 Å². The maximum atomic E-state index is 12.5. The van der Waals surface area contributed by atoms with Crippen LogP contribution in [-0.4, -0.2) is 80.5 Å². The van der Waals surface area contributed by atoms with Gasteiger partial charge in [0, 0.05) is 39.3 Å². The predicted octanol–water partition coefficient (Wildman–Crippen LogP) is 0.821. The number of rotatable bonds is 8. The third-order valence-corrected chi connectivity index (χ3v) is 5.67. The van der Waals surface area contributed by atoms with E-state index >= 15 is 0 Å². The Labute approximate surface area is 150 Å². The van der Waals surface area contributed by atoms with Gasteiger partial charge < -0.3 is 4.90 Å². The summed E-state index contributed by atoms with van der Waals surface area (Å²) in [6.07, 6.45) is 3.89. The van der Waals surface area contributed by atoms with Gasteiger partial charge in [-0.2, -0.15) is 4.31 Å². The molecule has 0 aromatic heterocycles. The quantitative estimate of drug-likeness (QED) is 0.640. The minimum absolute atomic E-state index is 0.0445. The van der Waals surface area contributed by atoms with Crippen LogP contribution in [0.4, 0.5) is 0 Å². The van der Waals surface area contributed by atoms with Crippen LogP contribution in [0, 0.1) is 0 Å². The van der Waals surface area contributed by atoms with Crippen molar-refractivity contribution in [3.05, 3.63) is 48.6 Å².